The van der Waals surface area contributed by atoms with E-state index in [9.17, 15) is 18.3 Å². The fraction of sp³-hybridized carbons (Fsp3) is 0.200. The van der Waals surface area contributed by atoms with Crippen molar-refractivity contribution in [3.63, 3.8) is 0 Å². The van der Waals surface area contributed by atoms with Crippen molar-refractivity contribution in [3.05, 3.63) is 63.4 Å². The number of sulfonamides is 1. The summed E-state index contributed by atoms with van der Waals surface area (Å²) in [6.45, 7) is 2.81. The van der Waals surface area contributed by atoms with E-state index in [-0.39, 0.29) is 17.9 Å². The van der Waals surface area contributed by atoms with Crippen LogP contribution in [0, 0.1) is 0 Å². The second kappa shape index (κ2) is 9.25. The summed E-state index contributed by atoms with van der Waals surface area (Å²) in [4.78, 5) is 17.3. The molecule has 0 fully saturated rings. The number of benzene rings is 2. The molecule has 158 valence electrons. The molecule has 0 unspecified atom stereocenters. The Hall–Kier alpha value is -2.27. The molecule has 3 rings (SSSR count). The number of thiazole rings is 1. The second-order valence-electron chi connectivity index (χ2n) is 6.73. The lowest BCUT2D eigenvalue weighted by atomic mass is 10.1. The van der Waals surface area contributed by atoms with Crippen molar-refractivity contribution in [3.8, 4) is 11.3 Å². The molecular weight excluding hydrogens is 490 g/mol. The van der Waals surface area contributed by atoms with E-state index in [0.717, 1.165) is 10.0 Å². The predicted octanol–water partition coefficient (Wildman–Crippen LogP) is 4.47. The maximum atomic E-state index is 12.9. The number of nitrogens with one attached hydrogen (secondary N) is 2. The van der Waals surface area contributed by atoms with Gasteiger partial charge in [-0.2, -0.15) is 0 Å². The molecule has 0 bridgehead atoms. The topological polar surface area (TPSA) is 108 Å². The van der Waals surface area contributed by atoms with E-state index in [2.05, 4.69) is 31.0 Å². The zero-order valence-electron chi connectivity index (χ0n) is 16.2. The van der Waals surface area contributed by atoms with Gasteiger partial charge in [0.15, 0.2) is 5.13 Å². The van der Waals surface area contributed by atoms with Crippen LogP contribution in [0.3, 0.4) is 0 Å². The molecule has 0 atom stereocenters. The summed E-state index contributed by atoms with van der Waals surface area (Å²) in [5, 5.41) is 13.7. The standard InChI is InChI=1S/C20H20BrN3O4S2/c1-12(2)30(27,28)24-17-8-3-13(10-25)9-16(17)19(26)23-20-22-18(11-29-20)14-4-6-15(21)7-5-14/h3-9,11-12,24-25H,10H2,1-2H3,(H,22,23,26). The number of aliphatic hydroxyl groups is 1. The summed E-state index contributed by atoms with van der Waals surface area (Å²) in [5.41, 5.74) is 2.35. The van der Waals surface area contributed by atoms with Crippen LogP contribution in [0.4, 0.5) is 10.8 Å². The molecule has 0 spiro atoms. The largest absolute Gasteiger partial charge is 0.392 e. The number of halogens is 1. The first kappa shape index (κ1) is 22.4. The molecule has 30 heavy (non-hydrogen) atoms. The maximum Gasteiger partial charge on any atom is 0.259 e. The van der Waals surface area contributed by atoms with Crippen LogP contribution in [-0.2, 0) is 16.6 Å². The Balaban J connectivity index is 1.86. The summed E-state index contributed by atoms with van der Waals surface area (Å²) in [6, 6.07) is 12.1. The van der Waals surface area contributed by atoms with E-state index in [1.165, 1.54) is 23.5 Å². The van der Waals surface area contributed by atoms with Crippen LogP contribution in [0.5, 0.6) is 0 Å². The molecule has 0 aliphatic carbocycles. The highest BCUT2D eigenvalue weighted by molar-refractivity contribution is 9.10. The molecule has 1 aromatic heterocycles. The predicted molar refractivity (Wildman–Crippen MR) is 123 cm³/mol. The summed E-state index contributed by atoms with van der Waals surface area (Å²) < 4.78 is 27.9. The summed E-state index contributed by atoms with van der Waals surface area (Å²) in [7, 11) is -3.64. The van der Waals surface area contributed by atoms with Crippen molar-refractivity contribution < 1.29 is 18.3 Å². The summed E-state index contributed by atoms with van der Waals surface area (Å²) in [6.07, 6.45) is 0. The van der Waals surface area contributed by atoms with Crippen molar-refractivity contribution in [2.24, 2.45) is 0 Å². The molecule has 2 aromatic carbocycles. The number of aromatic nitrogens is 1. The molecule has 0 saturated carbocycles. The monoisotopic (exact) mass is 509 g/mol. The van der Waals surface area contributed by atoms with E-state index in [1.807, 2.05) is 29.6 Å². The molecule has 3 N–H and O–H groups in total. The van der Waals surface area contributed by atoms with E-state index < -0.39 is 21.2 Å². The number of hydrogen-bond donors (Lipinski definition) is 3. The minimum absolute atomic E-state index is 0.103. The van der Waals surface area contributed by atoms with Gasteiger partial charge in [-0.05, 0) is 43.7 Å². The summed E-state index contributed by atoms with van der Waals surface area (Å²) >= 11 is 4.65. The highest BCUT2D eigenvalue weighted by Gasteiger charge is 2.21. The van der Waals surface area contributed by atoms with Gasteiger partial charge in [-0.15, -0.1) is 11.3 Å². The molecule has 1 heterocycles. The van der Waals surface area contributed by atoms with Gasteiger partial charge in [0.2, 0.25) is 10.0 Å². The van der Waals surface area contributed by atoms with Crippen LogP contribution in [0.15, 0.2) is 52.3 Å². The average Bonchev–Trinajstić information content (AvgIpc) is 3.16. The third kappa shape index (κ3) is 5.25. The quantitative estimate of drug-likeness (QED) is 0.435. The number of amides is 1. The van der Waals surface area contributed by atoms with Gasteiger partial charge in [-0.25, -0.2) is 13.4 Å². The SMILES string of the molecule is CC(C)S(=O)(=O)Nc1ccc(CO)cc1C(=O)Nc1nc(-c2ccc(Br)cc2)cs1. The highest BCUT2D eigenvalue weighted by atomic mass is 79.9. The zero-order chi connectivity index (χ0) is 21.9. The Kier molecular flexibility index (Phi) is 6.91. The molecular formula is C20H20BrN3O4S2. The second-order valence-corrected chi connectivity index (χ2v) is 10.7. The van der Waals surface area contributed by atoms with Gasteiger partial charge in [0, 0.05) is 15.4 Å². The Labute approximate surface area is 187 Å². The van der Waals surface area contributed by atoms with E-state index in [1.54, 1.807) is 19.9 Å². The van der Waals surface area contributed by atoms with Gasteiger partial charge in [-0.3, -0.25) is 14.8 Å². The molecule has 0 radical (unpaired) electrons. The number of nitrogens with zero attached hydrogens (tertiary/aromatic N) is 1. The minimum Gasteiger partial charge on any atom is -0.392 e. The third-order valence-electron chi connectivity index (χ3n) is 4.25. The van der Waals surface area contributed by atoms with Crippen molar-refractivity contribution in [1.29, 1.82) is 0 Å². The van der Waals surface area contributed by atoms with Gasteiger partial charge in [-0.1, -0.05) is 34.1 Å². The molecule has 0 aliphatic heterocycles. The Morgan fingerprint density at radius 1 is 1.20 bits per heavy atom. The molecule has 0 saturated heterocycles. The number of rotatable bonds is 7. The van der Waals surface area contributed by atoms with Gasteiger partial charge < -0.3 is 5.11 Å². The van der Waals surface area contributed by atoms with Crippen LogP contribution >= 0.6 is 27.3 Å². The average molecular weight is 510 g/mol. The third-order valence-corrected chi connectivity index (χ3v) is 7.28. The number of carbonyl (C=O) groups is 1. The fourth-order valence-corrected chi connectivity index (χ4v) is 4.19. The van der Waals surface area contributed by atoms with Crippen molar-refractivity contribution >= 4 is 54.0 Å². The number of aliphatic hydroxyl groups excluding tert-OH is 1. The molecule has 10 heteroatoms. The van der Waals surface area contributed by atoms with Gasteiger partial charge in [0.1, 0.15) is 0 Å². The van der Waals surface area contributed by atoms with Crippen LogP contribution in [0.25, 0.3) is 11.3 Å². The van der Waals surface area contributed by atoms with Gasteiger partial charge in [0.25, 0.3) is 5.91 Å². The number of carbonyl (C=O) groups excluding carboxylic acids is 1. The lowest BCUT2D eigenvalue weighted by Gasteiger charge is -2.15. The van der Waals surface area contributed by atoms with Crippen LogP contribution < -0.4 is 10.0 Å². The number of hydrogen-bond acceptors (Lipinski definition) is 6. The smallest absolute Gasteiger partial charge is 0.259 e. The van der Waals surface area contributed by atoms with E-state index in [4.69, 9.17) is 0 Å². The van der Waals surface area contributed by atoms with Gasteiger partial charge >= 0.3 is 0 Å². The molecule has 0 aliphatic rings. The Morgan fingerprint density at radius 2 is 1.90 bits per heavy atom. The van der Waals surface area contributed by atoms with Gasteiger partial charge in [0.05, 0.1) is 28.8 Å². The minimum atomic E-state index is -3.64. The number of anilines is 2. The fourth-order valence-electron chi connectivity index (χ4n) is 2.49. The van der Waals surface area contributed by atoms with E-state index >= 15 is 0 Å². The lowest BCUT2D eigenvalue weighted by Crippen LogP contribution is -2.24. The highest BCUT2D eigenvalue weighted by Crippen LogP contribution is 2.27. The zero-order valence-corrected chi connectivity index (χ0v) is 19.4. The van der Waals surface area contributed by atoms with Crippen molar-refractivity contribution in [2.45, 2.75) is 25.7 Å². The Morgan fingerprint density at radius 3 is 2.53 bits per heavy atom. The first-order valence-electron chi connectivity index (χ1n) is 8.98. The lowest BCUT2D eigenvalue weighted by molar-refractivity contribution is 0.102. The Bertz CT molecular complexity index is 1160. The van der Waals surface area contributed by atoms with Crippen molar-refractivity contribution in [2.75, 3.05) is 10.0 Å². The van der Waals surface area contributed by atoms with Crippen molar-refractivity contribution in [1.82, 2.24) is 4.98 Å². The normalized spacial score (nSPS) is 11.5. The maximum absolute atomic E-state index is 12.9. The van der Waals surface area contributed by atoms with Crippen LogP contribution in [0.2, 0.25) is 0 Å². The van der Waals surface area contributed by atoms with E-state index in [0.29, 0.717) is 16.4 Å². The molecule has 3 aromatic rings. The molecule has 1 amide bonds. The first-order valence-corrected chi connectivity index (χ1v) is 12.2. The molecule has 7 nitrogen and oxygen atoms in total. The first-order chi connectivity index (χ1) is 14.2. The van der Waals surface area contributed by atoms with Crippen LogP contribution in [-0.4, -0.2) is 29.7 Å². The van der Waals surface area contributed by atoms with Crippen LogP contribution in [0.1, 0.15) is 29.8 Å². The summed E-state index contributed by atoms with van der Waals surface area (Å²) in [5.74, 6) is -0.525.